The minimum Gasteiger partial charge on any atom is -0.461 e. The predicted octanol–water partition coefficient (Wildman–Crippen LogP) is 6.87. The number of likely N-dealkylation sites (tertiary alicyclic amines) is 1. The van der Waals surface area contributed by atoms with Gasteiger partial charge >= 0.3 is 12.1 Å². The first-order valence-electron chi connectivity index (χ1n) is 15.1. The van der Waals surface area contributed by atoms with E-state index in [0.717, 1.165) is 24.0 Å². The Morgan fingerprint density at radius 2 is 1.70 bits per heavy atom. The number of rotatable bonds is 7. The molecule has 0 radical (unpaired) electrons. The molecule has 1 aliphatic rings. The normalized spacial score (nSPS) is 14.9. The molecule has 46 heavy (non-hydrogen) atoms. The molecule has 4 aromatic rings. The lowest BCUT2D eigenvalue weighted by Crippen LogP contribution is -2.43. The highest BCUT2D eigenvalue weighted by Crippen LogP contribution is 2.35. The molecule has 1 saturated heterocycles. The van der Waals surface area contributed by atoms with E-state index in [1.165, 1.54) is 4.68 Å². The van der Waals surface area contributed by atoms with E-state index in [2.05, 4.69) is 10.3 Å². The molecule has 1 aliphatic heterocycles. The molecule has 5 rings (SSSR count). The topological polar surface area (TPSA) is 142 Å². The van der Waals surface area contributed by atoms with Gasteiger partial charge in [-0.05, 0) is 94.5 Å². The summed E-state index contributed by atoms with van der Waals surface area (Å²) in [5.74, 6) is 6.24. The smallest absolute Gasteiger partial charge is 0.410 e. The lowest BCUT2D eigenvalue weighted by molar-refractivity contribution is 0.00820. The van der Waals surface area contributed by atoms with Crippen LogP contribution < -0.4 is 11.2 Å². The Morgan fingerprint density at radius 1 is 1.00 bits per heavy atom. The van der Waals surface area contributed by atoms with Crippen LogP contribution in [0.2, 0.25) is 5.02 Å². The van der Waals surface area contributed by atoms with Gasteiger partial charge in [0.2, 0.25) is 0 Å². The zero-order chi connectivity index (χ0) is 33.0. The fourth-order valence-corrected chi connectivity index (χ4v) is 5.43. The monoisotopic (exact) mass is 644 g/mol. The summed E-state index contributed by atoms with van der Waals surface area (Å²) in [7, 11) is 0. The van der Waals surface area contributed by atoms with Gasteiger partial charge in [-0.3, -0.25) is 9.69 Å². The van der Waals surface area contributed by atoms with Gasteiger partial charge in [-0.15, -0.1) is 0 Å². The van der Waals surface area contributed by atoms with Crippen molar-refractivity contribution in [2.75, 3.05) is 24.3 Å². The second-order valence-electron chi connectivity index (χ2n) is 11.9. The molecular formula is C34H37ClN6O5. The Bertz CT molecular complexity index is 1730. The first kappa shape index (κ1) is 32.5. The molecule has 11 nitrogen and oxygen atoms in total. The number of halogens is 1. The van der Waals surface area contributed by atoms with E-state index in [4.69, 9.17) is 31.9 Å². The van der Waals surface area contributed by atoms with Crippen LogP contribution in [-0.2, 0) is 9.47 Å². The number of aromatic nitrogens is 3. The summed E-state index contributed by atoms with van der Waals surface area (Å²) >= 11 is 6.01. The number of pyridine rings is 1. The zero-order valence-electron chi connectivity index (χ0n) is 26.2. The number of nitrogens with zero attached hydrogens (tertiary/aromatic N) is 4. The third-order valence-corrected chi connectivity index (χ3v) is 7.69. The highest BCUT2D eigenvalue weighted by atomic mass is 35.5. The standard InChI is InChI=1S/C34H37ClN6O5/c1-5-45-32(43)29-28(39-30(41(29)36)26-8-6-7-19-40(26)33(44)46-34(2,3)4)22-9-11-23(12-10-22)31(42)38-27-20-24(17-18-37-27)21-13-15-25(35)16-14-21/h9-18,20,26H,5-8,19,36H2,1-4H3,(H,37,38,42)/t26-/m0/s1. The molecule has 0 unspecified atom stereocenters. The Balaban J connectivity index is 1.41. The molecule has 0 spiro atoms. The maximum Gasteiger partial charge on any atom is 0.410 e. The number of nitrogens with two attached hydrogens (primary N) is 1. The van der Waals surface area contributed by atoms with Crippen LogP contribution in [0.25, 0.3) is 22.4 Å². The van der Waals surface area contributed by atoms with Crippen LogP contribution in [-0.4, -0.2) is 56.3 Å². The Kier molecular flexibility index (Phi) is 9.62. The summed E-state index contributed by atoms with van der Waals surface area (Å²) in [6.07, 6.45) is 3.41. The van der Waals surface area contributed by atoms with Gasteiger partial charge in [0.05, 0.1) is 12.6 Å². The van der Waals surface area contributed by atoms with Crippen LogP contribution in [0.15, 0.2) is 66.9 Å². The molecule has 2 aromatic heterocycles. The summed E-state index contributed by atoms with van der Waals surface area (Å²) < 4.78 is 12.2. The first-order valence-corrected chi connectivity index (χ1v) is 15.5. The van der Waals surface area contributed by atoms with Crippen molar-refractivity contribution in [3.05, 3.63) is 89.0 Å². The van der Waals surface area contributed by atoms with E-state index in [9.17, 15) is 14.4 Å². The van der Waals surface area contributed by atoms with E-state index in [1.54, 1.807) is 60.5 Å². The summed E-state index contributed by atoms with van der Waals surface area (Å²) in [4.78, 5) is 50.1. The maximum absolute atomic E-state index is 13.1. The highest BCUT2D eigenvalue weighted by Gasteiger charge is 2.36. The number of hydrogen-bond donors (Lipinski definition) is 2. The predicted molar refractivity (Wildman–Crippen MR) is 176 cm³/mol. The van der Waals surface area contributed by atoms with Crippen molar-refractivity contribution in [2.24, 2.45) is 0 Å². The number of nitrogens with one attached hydrogen (secondary N) is 1. The van der Waals surface area contributed by atoms with Crippen molar-refractivity contribution in [2.45, 2.75) is 58.6 Å². The molecule has 240 valence electrons. The van der Waals surface area contributed by atoms with Gasteiger partial charge in [0.25, 0.3) is 5.91 Å². The molecular weight excluding hydrogens is 608 g/mol. The molecule has 3 heterocycles. The van der Waals surface area contributed by atoms with Crippen LogP contribution in [0.4, 0.5) is 10.6 Å². The number of hydrogen-bond acceptors (Lipinski definition) is 8. The number of anilines is 1. The summed E-state index contributed by atoms with van der Waals surface area (Å²) in [6, 6.07) is 17.1. The number of carbonyl (C=O) groups is 3. The average Bonchev–Trinajstić information content (AvgIpc) is 3.37. The Labute approximate surface area is 272 Å². The molecule has 1 fully saturated rings. The number of benzene rings is 2. The van der Waals surface area contributed by atoms with Crippen molar-refractivity contribution in [3.8, 4) is 22.4 Å². The van der Waals surface area contributed by atoms with Gasteiger partial charge in [0.1, 0.15) is 17.1 Å². The number of esters is 1. The van der Waals surface area contributed by atoms with Crippen LogP contribution in [0, 0.1) is 0 Å². The van der Waals surface area contributed by atoms with E-state index >= 15 is 0 Å². The lowest BCUT2D eigenvalue weighted by Gasteiger charge is -2.36. The molecule has 12 heteroatoms. The largest absolute Gasteiger partial charge is 0.461 e. The summed E-state index contributed by atoms with van der Waals surface area (Å²) in [6.45, 7) is 7.74. The molecule has 0 aliphatic carbocycles. The maximum atomic E-state index is 13.1. The van der Waals surface area contributed by atoms with Crippen molar-refractivity contribution < 1.29 is 23.9 Å². The summed E-state index contributed by atoms with van der Waals surface area (Å²) in [5.41, 5.74) is 2.39. The number of ether oxygens (including phenoxy) is 2. The van der Waals surface area contributed by atoms with Gasteiger partial charge in [-0.25, -0.2) is 24.2 Å². The second kappa shape index (κ2) is 13.6. The number of carbonyl (C=O) groups excluding carboxylic acids is 3. The molecule has 0 saturated carbocycles. The fraction of sp³-hybridized carbons (Fsp3) is 0.324. The van der Waals surface area contributed by atoms with Crippen LogP contribution in [0.5, 0.6) is 0 Å². The van der Waals surface area contributed by atoms with Crippen molar-refractivity contribution >= 4 is 35.4 Å². The van der Waals surface area contributed by atoms with Crippen molar-refractivity contribution in [3.63, 3.8) is 0 Å². The van der Waals surface area contributed by atoms with Crippen LogP contribution >= 0.6 is 11.6 Å². The van der Waals surface area contributed by atoms with Crippen molar-refractivity contribution in [1.29, 1.82) is 0 Å². The third kappa shape index (κ3) is 7.31. The third-order valence-electron chi connectivity index (χ3n) is 7.44. The zero-order valence-corrected chi connectivity index (χ0v) is 27.0. The molecule has 2 aromatic carbocycles. The molecule has 2 amide bonds. The lowest BCUT2D eigenvalue weighted by atomic mass is 10.0. The minimum atomic E-state index is -0.679. The number of piperidine rings is 1. The number of imidazole rings is 1. The second-order valence-corrected chi connectivity index (χ2v) is 12.3. The van der Waals surface area contributed by atoms with E-state index in [-0.39, 0.29) is 23.9 Å². The van der Waals surface area contributed by atoms with Gasteiger partial charge in [-0.2, -0.15) is 0 Å². The fourth-order valence-electron chi connectivity index (χ4n) is 5.31. The van der Waals surface area contributed by atoms with Gasteiger partial charge in [0.15, 0.2) is 11.5 Å². The van der Waals surface area contributed by atoms with Gasteiger partial charge in [0, 0.05) is 28.9 Å². The average molecular weight is 645 g/mol. The van der Waals surface area contributed by atoms with Crippen molar-refractivity contribution in [1.82, 2.24) is 19.5 Å². The van der Waals surface area contributed by atoms with E-state index in [1.807, 2.05) is 39.0 Å². The van der Waals surface area contributed by atoms with Crippen LogP contribution in [0.3, 0.4) is 0 Å². The number of amides is 2. The summed E-state index contributed by atoms with van der Waals surface area (Å²) in [5, 5.41) is 3.47. The van der Waals surface area contributed by atoms with E-state index in [0.29, 0.717) is 40.8 Å². The Morgan fingerprint density at radius 3 is 2.37 bits per heavy atom. The first-order chi connectivity index (χ1) is 21.9. The highest BCUT2D eigenvalue weighted by molar-refractivity contribution is 6.30. The molecule has 1 atom stereocenters. The SMILES string of the molecule is CCOC(=O)c1c(-c2ccc(C(=O)Nc3cc(-c4ccc(Cl)cc4)ccn3)cc2)nc([C@@H]2CCCCN2C(=O)OC(C)(C)C)n1N. The van der Waals surface area contributed by atoms with Crippen LogP contribution in [0.1, 0.15) is 79.7 Å². The quantitative estimate of drug-likeness (QED) is 0.164. The minimum absolute atomic E-state index is 0.0481. The Hall–Kier alpha value is -4.90. The van der Waals surface area contributed by atoms with Gasteiger partial charge < -0.3 is 20.6 Å². The van der Waals surface area contributed by atoms with E-state index < -0.39 is 23.7 Å². The number of nitrogen functional groups attached to an aromatic ring is 1. The molecule has 3 N–H and O–H groups in total. The molecule has 0 bridgehead atoms. The van der Waals surface area contributed by atoms with Gasteiger partial charge in [-0.1, -0.05) is 35.9 Å².